The van der Waals surface area contributed by atoms with Gasteiger partial charge in [-0.25, -0.2) is 0 Å². The Morgan fingerprint density at radius 2 is 0.494 bits per heavy atom. The van der Waals surface area contributed by atoms with Crippen molar-refractivity contribution in [1.82, 2.24) is 13.7 Å². The predicted octanol–water partition coefficient (Wildman–Crippen LogP) is 19.7. The number of hydrogen-bond acceptors (Lipinski definition) is 5. The van der Waals surface area contributed by atoms with Crippen LogP contribution in [0.5, 0.6) is 28.7 Å². The van der Waals surface area contributed by atoms with E-state index in [4.69, 9.17) is 23.7 Å². The number of fused-ring (bicyclic) bond motifs is 15. The molecule has 3 aromatic heterocycles. The highest BCUT2D eigenvalue weighted by atomic mass is 16.5. The fourth-order valence-electron chi connectivity index (χ4n) is 13.0. The number of aromatic nitrogens is 3. The average molecular weight is 1100 g/mol. The van der Waals surface area contributed by atoms with Crippen molar-refractivity contribution < 1.29 is 23.7 Å². The lowest BCUT2D eigenvalue weighted by Gasteiger charge is -2.20. The van der Waals surface area contributed by atoms with E-state index in [-0.39, 0.29) is 21.7 Å². The third kappa shape index (κ3) is 8.37. The van der Waals surface area contributed by atoms with Gasteiger partial charge in [-0.2, -0.15) is 0 Å². The molecule has 13 rings (SSSR count). The molecule has 0 saturated carbocycles. The van der Waals surface area contributed by atoms with Gasteiger partial charge in [0.2, 0.25) is 0 Å². The molecule has 420 valence electrons. The Kier molecular flexibility index (Phi) is 12.1. The summed E-state index contributed by atoms with van der Waals surface area (Å²) >= 11 is 0. The minimum atomic E-state index is -0.0282. The van der Waals surface area contributed by atoms with Gasteiger partial charge in [0.15, 0.2) is 23.0 Å². The molecule has 8 heteroatoms. The molecule has 0 amide bonds. The first-order valence-corrected chi connectivity index (χ1v) is 29.0. The van der Waals surface area contributed by atoms with Gasteiger partial charge in [-0.15, -0.1) is 0 Å². The van der Waals surface area contributed by atoms with E-state index in [1.807, 2.05) is 0 Å². The number of benzene rings is 10. The summed E-state index contributed by atoms with van der Waals surface area (Å²) < 4.78 is 38.0. The predicted molar refractivity (Wildman–Crippen MR) is 350 cm³/mol. The van der Waals surface area contributed by atoms with Gasteiger partial charge >= 0.3 is 0 Å². The van der Waals surface area contributed by atoms with Crippen LogP contribution in [0.4, 0.5) is 0 Å². The molecule has 83 heavy (non-hydrogen) atoms. The lowest BCUT2D eigenvalue weighted by molar-refractivity contribution is 0.355. The number of rotatable bonds is 8. The van der Waals surface area contributed by atoms with Crippen molar-refractivity contribution in [2.24, 2.45) is 0 Å². The first kappa shape index (κ1) is 53.7. The Labute approximate surface area is 486 Å². The molecule has 10 aromatic carbocycles. The van der Waals surface area contributed by atoms with Crippen LogP contribution >= 0.6 is 0 Å². The molecule has 0 saturated heterocycles. The molecule has 0 bridgehead atoms. The summed E-state index contributed by atoms with van der Waals surface area (Å²) in [4.78, 5) is 0. The quantitative estimate of drug-likeness (QED) is 0.142. The Morgan fingerprint density at radius 1 is 0.229 bits per heavy atom. The molecule has 0 aliphatic heterocycles. The van der Waals surface area contributed by atoms with Crippen LogP contribution in [-0.2, 0) is 21.7 Å². The molecule has 0 spiro atoms. The second kappa shape index (κ2) is 18.7. The van der Waals surface area contributed by atoms with E-state index in [9.17, 15) is 0 Å². The summed E-state index contributed by atoms with van der Waals surface area (Å²) in [5, 5.41) is 13.2. The lowest BCUT2D eigenvalue weighted by Crippen LogP contribution is -2.10. The van der Waals surface area contributed by atoms with Crippen molar-refractivity contribution in [2.45, 2.75) is 105 Å². The van der Waals surface area contributed by atoms with Crippen molar-refractivity contribution in [2.75, 3.05) is 35.5 Å². The number of methoxy groups -OCH3 is 5. The highest BCUT2D eigenvalue weighted by Gasteiger charge is 2.27. The standard InChI is InChI=1S/C75H75N3O5/c1-72(2,3)42-18-26-60-56(30-42)57-31-43(73(4,5)6)19-27-61(57)76(60)46-22-24-48-49-25-23-47(77-62-28-20-44(74(7,8)9)32-58(62)59-33-45(75(10,11)12)21-29-63(59)77)35-65(49)78(64(48)34-46)66-36-50-51(37-67(66)79-13)53-39-69(81-15)71(83-17)41-55(53)54-40-70(82-16)68(80-14)38-52(50)54/h18-41H,1-17H3. The average Bonchev–Trinajstić information content (AvgIpc) is 2.98. The first-order chi connectivity index (χ1) is 39.4. The number of nitrogens with zero attached hydrogens (tertiary/aromatic N) is 3. The molecule has 0 fully saturated rings. The SMILES string of the molecule is COc1cc2c3cc(OC)c(OC)cc3c3cc(-n4c5cc(-n6c7ccc(C(C)(C)C)cc7c7cc(C(C)(C)C)ccc76)ccc5c5ccc(-n6c7ccc(C(C)(C)C)cc7c7cc(C(C)(C)C)ccc76)cc54)c(OC)cc3c2cc1OC. The van der Waals surface area contributed by atoms with Crippen LogP contribution < -0.4 is 23.7 Å². The van der Waals surface area contributed by atoms with E-state index in [0.29, 0.717) is 28.7 Å². The van der Waals surface area contributed by atoms with Gasteiger partial charge in [0.05, 0.1) is 74.3 Å². The summed E-state index contributed by atoms with van der Waals surface area (Å²) in [7, 11) is 8.51. The maximum absolute atomic E-state index is 6.68. The summed E-state index contributed by atoms with van der Waals surface area (Å²) in [5.41, 5.74) is 14.9. The fourth-order valence-corrected chi connectivity index (χ4v) is 13.0. The van der Waals surface area contributed by atoms with Crippen molar-refractivity contribution in [3.63, 3.8) is 0 Å². The van der Waals surface area contributed by atoms with Crippen molar-refractivity contribution in [3.05, 3.63) is 168 Å². The Morgan fingerprint density at radius 3 is 0.759 bits per heavy atom. The molecule has 0 aliphatic carbocycles. The molecule has 3 heterocycles. The number of hydrogen-bond donors (Lipinski definition) is 0. The topological polar surface area (TPSA) is 60.9 Å². The molecule has 0 aliphatic rings. The molecular formula is C75H75N3O5. The maximum atomic E-state index is 6.68. The molecule has 0 radical (unpaired) electrons. The van der Waals surface area contributed by atoms with Crippen LogP contribution in [0.15, 0.2) is 146 Å². The van der Waals surface area contributed by atoms with Crippen LogP contribution in [0.25, 0.3) is 115 Å². The van der Waals surface area contributed by atoms with Gasteiger partial charge in [-0.1, -0.05) is 119 Å². The van der Waals surface area contributed by atoms with E-state index in [0.717, 1.165) is 93.3 Å². The van der Waals surface area contributed by atoms with Gasteiger partial charge < -0.3 is 37.4 Å². The zero-order chi connectivity index (χ0) is 58.6. The van der Waals surface area contributed by atoms with Crippen LogP contribution in [0.1, 0.15) is 105 Å². The van der Waals surface area contributed by atoms with Gasteiger partial charge in [0, 0.05) is 43.7 Å². The second-order valence-corrected chi connectivity index (χ2v) is 26.9. The highest BCUT2D eigenvalue weighted by Crippen LogP contribution is 2.49. The van der Waals surface area contributed by atoms with E-state index in [2.05, 4.69) is 242 Å². The van der Waals surface area contributed by atoms with Gasteiger partial charge in [0.1, 0.15) is 5.75 Å². The van der Waals surface area contributed by atoms with E-state index < -0.39 is 0 Å². The van der Waals surface area contributed by atoms with Crippen molar-refractivity contribution in [1.29, 1.82) is 0 Å². The highest BCUT2D eigenvalue weighted by molar-refractivity contribution is 6.27. The van der Waals surface area contributed by atoms with Crippen molar-refractivity contribution >= 4 is 97.7 Å². The minimum Gasteiger partial charge on any atom is -0.495 e. The molecule has 8 nitrogen and oxygen atoms in total. The molecule has 0 atom stereocenters. The molecule has 13 aromatic rings. The van der Waals surface area contributed by atoms with Crippen LogP contribution in [0.2, 0.25) is 0 Å². The van der Waals surface area contributed by atoms with Crippen LogP contribution in [0, 0.1) is 0 Å². The first-order valence-electron chi connectivity index (χ1n) is 29.0. The van der Waals surface area contributed by atoms with Crippen LogP contribution in [-0.4, -0.2) is 49.3 Å². The second-order valence-electron chi connectivity index (χ2n) is 26.9. The van der Waals surface area contributed by atoms with Gasteiger partial charge in [-0.05, 0) is 185 Å². The Balaban J connectivity index is 1.17. The zero-order valence-electron chi connectivity index (χ0n) is 51.2. The normalized spacial score (nSPS) is 12.9. The van der Waals surface area contributed by atoms with E-state index in [1.54, 1.807) is 35.5 Å². The maximum Gasteiger partial charge on any atom is 0.161 e. The van der Waals surface area contributed by atoms with Crippen molar-refractivity contribution in [3.8, 4) is 45.8 Å². The van der Waals surface area contributed by atoms with Gasteiger partial charge in [0.25, 0.3) is 0 Å². The summed E-state index contributed by atoms with van der Waals surface area (Å²) in [6.07, 6.45) is 0. The Bertz CT molecular complexity index is 4470. The number of ether oxygens (including phenoxy) is 5. The Hall–Kier alpha value is -8.62. The molecule has 0 unspecified atom stereocenters. The largest absolute Gasteiger partial charge is 0.495 e. The molecular weight excluding hydrogens is 1020 g/mol. The summed E-state index contributed by atoms with van der Waals surface area (Å²) in [5.74, 6) is 3.25. The zero-order valence-corrected chi connectivity index (χ0v) is 51.2. The fraction of sp³-hybridized carbons (Fsp3) is 0.280. The third-order valence-electron chi connectivity index (χ3n) is 17.7. The summed E-state index contributed by atoms with van der Waals surface area (Å²) in [6, 6.07) is 55.1. The minimum absolute atomic E-state index is 0.0282. The summed E-state index contributed by atoms with van der Waals surface area (Å²) in [6.45, 7) is 27.6. The lowest BCUT2D eigenvalue weighted by atomic mass is 9.85. The van der Waals surface area contributed by atoms with Crippen LogP contribution in [0.3, 0.4) is 0 Å². The molecule has 0 N–H and O–H groups in total. The third-order valence-corrected chi connectivity index (χ3v) is 17.7. The van der Waals surface area contributed by atoms with Gasteiger partial charge in [-0.3, -0.25) is 0 Å². The monoisotopic (exact) mass is 1100 g/mol. The van der Waals surface area contributed by atoms with E-state index in [1.165, 1.54) is 43.8 Å². The van der Waals surface area contributed by atoms with E-state index >= 15 is 0 Å². The smallest absolute Gasteiger partial charge is 0.161 e.